The summed E-state index contributed by atoms with van der Waals surface area (Å²) in [4.78, 5) is 12.4. The molecule has 4 rings (SSSR count). The Morgan fingerprint density at radius 1 is 1.19 bits per heavy atom. The van der Waals surface area contributed by atoms with Crippen LogP contribution in [0.2, 0.25) is 5.02 Å². The Balaban J connectivity index is 1.75. The summed E-state index contributed by atoms with van der Waals surface area (Å²) in [6.45, 7) is 0.494. The molecule has 2 aromatic carbocycles. The molecule has 1 atom stereocenters. The van der Waals surface area contributed by atoms with Crippen molar-refractivity contribution in [3.63, 3.8) is 0 Å². The van der Waals surface area contributed by atoms with Gasteiger partial charge >= 0.3 is 0 Å². The normalized spacial score (nSPS) is 16.1. The highest BCUT2D eigenvalue weighted by molar-refractivity contribution is 6.31. The van der Waals surface area contributed by atoms with Gasteiger partial charge in [-0.05, 0) is 17.7 Å². The topological polar surface area (TPSA) is 56.1 Å². The van der Waals surface area contributed by atoms with Crippen molar-refractivity contribution in [1.29, 1.82) is 0 Å². The van der Waals surface area contributed by atoms with Crippen LogP contribution in [-0.4, -0.2) is 22.8 Å². The quantitative estimate of drug-likeness (QED) is 0.756. The molecule has 1 amide bonds. The van der Waals surface area contributed by atoms with Gasteiger partial charge in [-0.1, -0.05) is 48.0 Å². The molecular weight excluding hydrogens is 350 g/mol. The van der Waals surface area contributed by atoms with Crippen LogP contribution in [0.3, 0.4) is 0 Å². The third kappa shape index (κ3) is 2.95. The highest BCUT2D eigenvalue weighted by Crippen LogP contribution is 2.40. The van der Waals surface area contributed by atoms with Gasteiger partial charge in [0.2, 0.25) is 5.91 Å². The molecule has 0 radical (unpaired) electrons. The summed E-state index contributed by atoms with van der Waals surface area (Å²) >= 11 is 6.27. The smallest absolute Gasteiger partial charge is 0.226 e. The third-order valence-corrected chi connectivity index (χ3v) is 5.05. The molecule has 0 bridgehead atoms. The predicted octanol–water partition coefficient (Wildman–Crippen LogP) is 4.07. The number of benzene rings is 2. The van der Waals surface area contributed by atoms with E-state index >= 15 is 0 Å². The number of methoxy groups -OCH3 is 1. The maximum atomic E-state index is 12.4. The molecule has 0 saturated carbocycles. The molecule has 132 valence electrons. The summed E-state index contributed by atoms with van der Waals surface area (Å²) in [5, 5.41) is 8.15. The fraction of sp³-hybridized carbons (Fsp3) is 0.200. The lowest BCUT2D eigenvalue weighted by Crippen LogP contribution is -2.25. The van der Waals surface area contributed by atoms with E-state index in [1.54, 1.807) is 11.8 Å². The number of fused-ring (bicyclic) bond motifs is 1. The highest BCUT2D eigenvalue weighted by Gasteiger charge is 2.31. The molecule has 1 N–H and O–H groups in total. The van der Waals surface area contributed by atoms with Crippen LogP contribution in [-0.2, 0) is 11.3 Å². The van der Waals surface area contributed by atoms with Gasteiger partial charge in [0.05, 0.1) is 19.9 Å². The van der Waals surface area contributed by atoms with Crippen molar-refractivity contribution < 1.29 is 9.53 Å². The molecule has 2 heterocycles. The largest absolute Gasteiger partial charge is 0.496 e. The Hall–Kier alpha value is -2.79. The molecule has 0 aliphatic carbocycles. The molecule has 1 aromatic heterocycles. The summed E-state index contributed by atoms with van der Waals surface area (Å²) in [7, 11) is 1.64. The van der Waals surface area contributed by atoms with Crippen molar-refractivity contribution in [2.45, 2.75) is 18.9 Å². The number of carbonyl (C=O) groups excluding carboxylic acids is 1. The minimum absolute atomic E-state index is 0.0330. The fourth-order valence-electron chi connectivity index (χ4n) is 3.41. The molecule has 0 fully saturated rings. The number of ether oxygens (including phenoxy) is 1. The molecule has 1 aliphatic rings. The number of nitrogens with one attached hydrogen (secondary N) is 1. The number of hydrogen-bond acceptors (Lipinski definition) is 3. The van der Waals surface area contributed by atoms with Gasteiger partial charge in [0.15, 0.2) is 0 Å². The number of halogens is 1. The Labute approximate surface area is 156 Å². The second-order valence-electron chi connectivity index (χ2n) is 6.24. The van der Waals surface area contributed by atoms with E-state index in [-0.39, 0.29) is 11.8 Å². The van der Waals surface area contributed by atoms with Crippen molar-refractivity contribution in [1.82, 2.24) is 9.78 Å². The van der Waals surface area contributed by atoms with Crippen LogP contribution in [0.1, 0.15) is 29.0 Å². The zero-order valence-corrected chi connectivity index (χ0v) is 15.0. The van der Waals surface area contributed by atoms with Crippen LogP contribution in [0.4, 0.5) is 5.82 Å². The van der Waals surface area contributed by atoms with Gasteiger partial charge in [0, 0.05) is 28.5 Å². The summed E-state index contributed by atoms with van der Waals surface area (Å²) in [5.41, 5.74) is 2.93. The van der Waals surface area contributed by atoms with Gasteiger partial charge in [0.1, 0.15) is 11.6 Å². The number of rotatable bonds is 4. The van der Waals surface area contributed by atoms with Crippen LogP contribution in [0.5, 0.6) is 5.75 Å². The first-order valence-electron chi connectivity index (χ1n) is 8.39. The Kier molecular flexibility index (Phi) is 4.39. The lowest BCUT2D eigenvalue weighted by molar-refractivity contribution is -0.116. The number of para-hydroxylation sites is 1. The van der Waals surface area contributed by atoms with Crippen LogP contribution >= 0.6 is 11.6 Å². The molecular formula is C20H18ClN3O2. The summed E-state index contributed by atoms with van der Waals surface area (Å²) in [6.07, 6.45) is 2.19. The number of hydrogen-bond donors (Lipinski definition) is 1. The van der Waals surface area contributed by atoms with Crippen molar-refractivity contribution >= 4 is 23.3 Å². The average molecular weight is 368 g/mol. The summed E-state index contributed by atoms with van der Waals surface area (Å²) in [6, 6.07) is 15.4. The summed E-state index contributed by atoms with van der Waals surface area (Å²) < 4.78 is 7.28. The molecule has 1 aliphatic heterocycles. The van der Waals surface area contributed by atoms with E-state index in [1.807, 2.05) is 54.7 Å². The van der Waals surface area contributed by atoms with Crippen molar-refractivity contribution in [3.8, 4) is 5.75 Å². The molecule has 3 aromatic rings. The van der Waals surface area contributed by atoms with Gasteiger partial charge in [-0.25, -0.2) is 4.68 Å². The van der Waals surface area contributed by atoms with E-state index < -0.39 is 0 Å². The highest BCUT2D eigenvalue weighted by atomic mass is 35.5. The zero-order valence-electron chi connectivity index (χ0n) is 14.3. The van der Waals surface area contributed by atoms with E-state index in [1.165, 1.54) is 0 Å². The average Bonchev–Trinajstić information content (AvgIpc) is 3.05. The number of aromatic nitrogens is 2. The molecule has 0 unspecified atom stereocenters. The monoisotopic (exact) mass is 367 g/mol. The second kappa shape index (κ2) is 6.84. The van der Waals surface area contributed by atoms with Crippen molar-refractivity contribution in [2.75, 3.05) is 12.4 Å². The van der Waals surface area contributed by atoms with E-state index in [4.69, 9.17) is 16.3 Å². The fourth-order valence-corrected chi connectivity index (χ4v) is 3.61. The summed E-state index contributed by atoms with van der Waals surface area (Å²) in [5.74, 6) is 1.37. The first-order valence-corrected chi connectivity index (χ1v) is 8.77. The molecule has 5 nitrogen and oxygen atoms in total. The van der Waals surface area contributed by atoms with E-state index in [9.17, 15) is 4.79 Å². The predicted molar refractivity (Wildman–Crippen MR) is 101 cm³/mol. The van der Waals surface area contributed by atoms with Gasteiger partial charge in [-0.3, -0.25) is 4.79 Å². The molecule has 0 spiro atoms. The van der Waals surface area contributed by atoms with Gasteiger partial charge < -0.3 is 10.1 Å². The number of nitrogens with zero attached hydrogens (tertiary/aromatic N) is 2. The number of carbonyl (C=O) groups is 1. The first kappa shape index (κ1) is 16.7. The SMILES string of the molecule is COc1ccccc1[C@H]1CC(=O)Nc2c1cnn2Cc1ccccc1Cl. The lowest BCUT2D eigenvalue weighted by Gasteiger charge is -2.25. The minimum atomic E-state index is -0.0881. The first-order chi connectivity index (χ1) is 12.7. The zero-order chi connectivity index (χ0) is 18.1. The van der Waals surface area contributed by atoms with E-state index in [2.05, 4.69) is 10.4 Å². The van der Waals surface area contributed by atoms with Crippen LogP contribution < -0.4 is 10.1 Å². The maximum absolute atomic E-state index is 12.4. The maximum Gasteiger partial charge on any atom is 0.226 e. The molecule has 6 heteroatoms. The third-order valence-electron chi connectivity index (χ3n) is 4.68. The number of anilines is 1. The van der Waals surface area contributed by atoms with E-state index in [0.717, 1.165) is 28.3 Å². The minimum Gasteiger partial charge on any atom is -0.496 e. The Morgan fingerprint density at radius 3 is 2.77 bits per heavy atom. The number of amides is 1. The van der Waals surface area contributed by atoms with Crippen LogP contribution in [0.15, 0.2) is 54.7 Å². The van der Waals surface area contributed by atoms with Gasteiger partial charge in [-0.2, -0.15) is 5.10 Å². The van der Waals surface area contributed by atoms with Crippen LogP contribution in [0.25, 0.3) is 0 Å². The van der Waals surface area contributed by atoms with Gasteiger partial charge in [-0.15, -0.1) is 0 Å². The standard InChI is InChI=1S/C20H18ClN3O2/c1-26-18-9-5-3-7-14(18)15-10-19(25)23-20-16(15)11-22-24(20)12-13-6-2-4-8-17(13)21/h2-9,11,15H,10,12H2,1H3,(H,23,25)/t15-/m1/s1. The van der Waals surface area contributed by atoms with Crippen LogP contribution in [0, 0.1) is 0 Å². The lowest BCUT2D eigenvalue weighted by atomic mass is 9.87. The Bertz CT molecular complexity index is 967. The van der Waals surface area contributed by atoms with Crippen molar-refractivity contribution in [3.05, 3.63) is 76.4 Å². The molecule has 0 saturated heterocycles. The van der Waals surface area contributed by atoms with E-state index in [0.29, 0.717) is 18.0 Å². The Morgan fingerprint density at radius 2 is 1.96 bits per heavy atom. The van der Waals surface area contributed by atoms with Gasteiger partial charge in [0.25, 0.3) is 0 Å². The van der Waals surface area contributed by atoms with Crippen molar-refractivity contribution in [2.24, 2.45) is 0 Å². The molecule has 26 heavy (non-hydrogen) atoms. The second-order valence-corrected chi connectivity index (χ2v) is 6.65.